The second-order valence-electron chi connectivity index (χ2n) is 4.76. The first-order chi connectivity index (χ1) is 9.63. The molecule has 0 bridgehead atoms. The summed E-state index contributed by atoms with van der Waals surface area (Å²) < 4.78 is 20.8. The van der Waals surface area contributed by atoms with Crippen molar-refractivity contribution in [3.8, 4) is 5.75 Å². The van der Waals surface area contributed by atoms with E-state index < -0.39 is 0 Å². The summed E-state index contributed by atoms with van der Waals surface area (Å²) in [6.45, 7) is 0.383. The number of anilines is 1. The van der Waals surface area contributed by atoms with Gasteiger partial charge in [0.2, 0.25) is 0 Å². The van der Waals surface area contributed by atoms with Crippen molar-refractivity contribution in [3.05, 3.63) is 60.0 Å². The molecule has 0 spiro atoms. The smallest absolute Gasteiger partial charge is 0.128 e. The van der Waals surface area contributed by atoms with Gasteiger partial charge in [-0.25, -0.2) is 4.39 Å². The summed E-state index contributed by atoms with van der Waals surface area (Å²) in [6, 6.07) is 14.0. The van der Waals surface area contributed by atoms with Gasteiger partial charge in [-0.3, -0.25) is 0 Å². The Morgan fingerprint density at radius 3 is 2.80 bits per heavy atom. The highest BCUT2D eigenvalue weighted by atomic mass is 19.1. The second kappa shape index (κ2) is 4.89. The maximum atomic E-state index is 13.1. The predicted molar refractivity (Wildman–Crippen MR) is 78.1 cm³/mol. The molecule has 20 heavy (non-hydrogen) atoms. The van der Waals surface area contributed by atoms with E-state index in [1.165, 1.54) is 12.1 Å². The molecule has 0 saturated heterocycles. The third kappa shape index (κ3) is 2.32. The van der Waals surface area contributed by atoms with Crippen molar-refractivity contribution >= 4 is 16.6 Å². The second-order valence-corrected chi connectivity index (χ2v) is 4.76. The Morgan fingerprint density at radius 1 is 1.15 bits per heavy atom. The molecule has 1 aromatic heterocycles. The average Bonchev–Trinajstić information content (AvgIpc) is 2.72. The van der Waals surface area contributed by atoms with Gasteiger partial charge in [0, 0.05) is 29.7 Å². The molecule has 3 aromatic rings. The molecule has 0 unspecified atom stereocenters. The number of aryl methyl sites for hydroxylation is 1. The van der Waals surface area contributed by atoms with Crippen molar-refractivity contribution in [2.45, 2.75) is 6.61 Å². The van der Waals surface area contributed by atoms with Gasteiger partial charge >= 0.3 is 0 Å². The number of benzene rings is 2. The standard InChI is InChI=1S/C16H15FN2O/c1-19-14(8-11-7-13(18)5-6-16(11)19)10-20-15-4-2-3-12(17)9-15/h2-9H,10,18H2,1H3. The van der Waals surface area contributed by atoms with E-state index in [1.807, 2.05) is 35.9 Å². The number of nitrogens with zero attached hydrogens (tertiary/aromatic N) is 1. The van der Waals surface area contributed by atoms with Gasteiger partial charge in [0.15, 0.2) is 0 Å². The minimum absolute atomic E-state index is 0.299. The fourth-order valence-electron chi connectivity index (χ4n) is 2.28. The first kappa shape index (κ1) is 12.5. The third-order valence-electron chi connectivity index (χ3n) is 3.35. The lowest BCUT2D eigenvalue weighted by atomic mass is 10.2. The third-order valence-corrected chi connectivity index (χ3v) is 3.35. The zero-order valence-electron chi connectivity index (χ0n) is 11.1. The molecule has 102 valence electrons. The van der Waals surface area contributed by atoms with Gasteiger partial charge in [-0.2, -0.15) is 0 Å². The fraction of sp³-hybridized carbons (Fsp3) is 0.125. The SMILES string of the molecule is Cn1c(COc2cccc(F)c2)cc2cc(N)ccc21. The zero-order valence-corrected chi connectivity index (χ0v) is 11.1. The van der Waals surface area contributed by atoms with E-state index in [2.05, 4.69) is 0 Å². The lowest BCUT2D eigenvalue weighted by Gasteiger charge is -2.07. The van der Waals surface area contributed by atoms with Gasteiger partial charge in [0.25, 0.3) is 0 Å². The van der Waals surface area contributed by atoms with E-state index in [1.54, 1.807) is 12.1 Å². The van der Waals surface area contributed by atoms with Gasteiger partial charge < -0.3 is 15.0 Å². The Kier molecular flexibility index (Phi) is 3.06. The van der Waals surface area contributed by atoms with Crippen molar-refractivity contribution in [1.82, 2.24) is 4.57 Å². The van der Waals surface area contributed by atoms with Crippen LogP contribution >= 0.6 is 0 Å². The molecule has 1 heterocycles. The van der Waals surface area contributed by atoms with Crippen LogP contribution in [0.15, 0.2) is 48.5 Å². The zero-order chi connectivity index (χ0) is 14.1. The minimum Gasteiger partial charge on any atom is -0.487 e. The summed E-state index contributed by atoms with van der Waals surface area (Å²) >= 11 is 0. The fourth-order valence-corrected chi connectivity index (χ4v) is 2.28. The normalized spacial score (nSPS) is 10.9. The van der Waals surface area contributed by atoms with Gasteiger partial charge in [0.05, 0.1) is 5.69 Å². The van der Waals surface area contributed by atoms with Crippen molar-refractivity contribution < 1.29 is 9.13 Å². The van der Waals surface area contributed by atoms with E-state index in [4.69, 9.17) is 10.5 Å². The number of hydrogen-bond acceptors (Lipinski definition) is 2. The quantitative estimate of drug-likeness (QED) is 0.740. The van der Waals surface area contributed by atoms with Crippen LogP contribution in [0.4, 0.5) is 10.1 Å². The van der Waals surface area contributed by atoms with Crippen LogP contribution in [0.5, 0.6) is 5.75 Å². The number of ether oxygens (including phenoxy) is 1. The highest BCUT2D eigenvalue weighted by Crippen LogP contribution is 2.22. The maximum absolute atomic E-state index is 13.1. The van der Waals surface area contributed by atoms with Crippen LogP contribution < -0.4 is 10.5 Å². The van der Waals surface area contributed by atoms with E-state index in [9.17, 15) is 4.39 Å². The highest BCUT2D eigenvalue weighted by Gasteiger charge is 2.07. The summed E-state index contributed by atoms with van der Waals surface area (Å²) in [5.41, 5.74) is 8.62. The number of fused-ring (bicyclic) bond motifs is 1. The predicted octanol–water partition coefficient (Wildman–Crippen LogP) is 3.48. The molecule has 3 rings (SSSR count). The summed E-state index contributed by atoms with van der Waals surface area (Å²) in [7, 11) is 1.97. The molecule has 0 saturated carbocycles. The average molecular weight is 270 g/mol. The van der Waals surface area contributed by atoms with Crippen LogP contribution in [0, 0.1) is 5.82 Å². The molecule has 4 heteroatoms. The number of rotatable bonds is 3. The van der Waals surface area contributed by atoms with Crippen molar-refractivity contribution in [1.29, 1.82) is 0 Å². The summed E-state index contributed by atoms with van der Waals surface area (Å²) in [6.07, 6.45) is 0. The first-order valence-corrected chi connectivity index (χ1v) is 6.36. The van der Waals surface area contributed by atoms with Gasteiger partial charge in [0.1, 0.15) is 18.2 Å². The molecular weight excluding hydrogens is 255 g/mol. The molecule has 0 fully saturated rings. The molecule has 0 atom stereocenters. The van der Waals surface area contributed by atoms with Crippen LogP contribution in [0.2, 0.25) is 0 Å². The lowest BCUT2D eigenvalue weighted by molar-refractivity contribution is 0.296. The van der Waals surface area contributed by atoms with Crippen LogP contribution in [-0.4, -0.2) is 4.57 Å². The Morgan fingerprint density at radius 2 is 2.00 bits per heavy atom. The van der Waals surface area contributed by atoms with Crippen molar-refractivity contribution in [2.75, 3.05) is 5.73 Å². The monoisotopic (exact) mass is 270 g/mol. The van der Waals surface area contributed by atoms with Crippen LogP contribution in [0.25, 0.3) is 10.9 Å². The van der Waals surface area contributed by atoms with Gasteiger partial charge in [-0.1, -0.05) is 6.07 Å². The molecule has 3 nitrogen and oxygen atoms in total. The Hall–Kier alpha value is -2.49. The molecule has 0 radical (unpaired) electrons. The Bertz CT molecular complexity index is 764. The Labute approximate surface area is 116 Å². The largest absolute Gasteiger partial charge is 0.487 e. The molecule has 2 N–H and O–H groups in total. The summed E-state index contributed by atoms with van der Waals surface area (Å²) in [4.78, 5) is 0. The first-order valence-electron chi connectivity index (χ1n) is 6.36. The maximum Gasteiger partial charge on any atom is 0.128 e. The van der Waals surface area contributed by atoms with Crippen molar-refractivity contribution in [3.63, 3.8) is 0 Å². The Balaban J connectivity index is 1.86. The van der Waals surface area contributed by atoms with Crippen LogP contribution in [-0.2, 0) is 13.7 Å². The molecular formula is C16H15FN2O. The molecule has 0 amide bonds. The van der Waals surface area contributed by atoms with Crippen LogP contribution in [0.1, 0.15) is 5.69 Å². The van der Waals surface area contributed by atoms with E-state index in [-0.39, 0.29) is 5.82 Å². The molecule has 0 aliphatic carbocycles. The molecule has 0 aliphatic rings. The summed E-state index contributed by atoms with van der Waals surface area (Å²) in [5, 5.41) is 1.07. The number of aromatic nitrogens is 1. The van der Waals surface area contributed by atoms with Gasteiger partial charge in [-0.15, -0.1) is 0 Å². The molecule has 0 aliphatic heterocycles. The molecule has 2 aromatic carbocycles. The van der Waals surface area contributed by atoms with E-state index in [0.29, 0.717) is 12.4 Å². The summed E-state index contributed by atoms with van der Waals surface area (Å²) in [5.74, 6) is 0.224. The number of halogens is 1. The highest BCUT2D eigenvalue weighted by molar-refractivity contribution is 5.84. The van der Waals surface area contributed by atoms with E-state index >= 15 is 0 Å². The van der Waals surface area contributed by atoms with E-state index in [0.717, 1.165) is 22.3 Å². The minimum atomic E-state index is -0.299. The van der Waals surface area contributed by atoms with Crippen LogP contribution in [0.3, 0.4) is 0 Å². The van der Waals surface area contributed by atoms with Gasteiger partial charge in [-0.05, 0) is 36.4 Å². The number of nitrogens with two attached hydrogens (primary N) is 1. The van der Waals surface area contributed by atoms with Crippen molar-refractivity contribution in [2.24, 2.45) is 7.05 Å². The number of nitrogen functional groups attached to an aromatic ring is 1. The lowest BCUT2D eigenvalue weighted by Crippen LogP contribution is -2.01. The topological polar surface area (TPSA) is 40.2 Å². The number of hydrogen-bond donors (Lipinski definition) is 1.